The first-order valence-corrected chi connectivity index (χ1v) is 9.18. The van der Waals surface area contributed by atoms with Crippen LogP contribution in [0.4, 0.5) is 13.2 Å². The molecule has 1 heterocycles. The Morgan fingerprint density at radius 3 is 2.44 bits per heavy atom. The molecule has 2 aliphatic rings. The van der Waals surface area contributed by atoms with Crippen molar-refractivity contribution in [3.8, 4) is 0 Å². The molecule has 3 rings (SSSR count). The Morgan fingerprint density at radius 2 is 1.89 bits per heavy atom. The summed E-state index contributed by atoms with van der Waals surface area (Å²) in [5, 5.41) is 15.0. The highest BCUT2D eigenvalue weighted by molar-refractivity contribution is 5.93. The standard InChI is InChI=1S/C20H25F3N2O2/c1-18(2,3)14-9-10-16-15(12-14)19(27,20(21,22)23)25(24-16)17(26)11-13-7-5-4-6-8-13/h4-8,14-15,27H,9-12H2,1-3H3/t14-,15-,19+/m1/s1. The van der Waals surface area contributed by atoms with Gasteiger partial charge >= 0.3 is 6.18 Å². The third-order valence-corrected chi connectivity index (χ3v) is 5.79. The number of benzene rings is 1. The molecule has 7 heteroatoms. The summed E-state index contributed by atoms with van der Waals surface area (Å²) >= 11 is 0. The van der Waals surface area contributed by atoms with Crippen LogP contribution in [0.2, 0.25) is 0 Å². The van der Waals surface area contributed by atoms with Gasteiger partial charge in [0.25, 0.3) is 5.72 Å². The largest absolute Gasteiger partial charge is 0.439 e. The summed E-state index contributed by atoms with van der Waals surface area (Å²) in [6, 6.07) is 8.51. The lowest BCUT2D eigenvalue weighted by Gasteiger charge is -2.42. The maximum Gasteiger partial charge on any atom is 0.439 e. The van der Waals surface area contributed by atoms with Gasteiger partial charge in [-0.1, -0.05) is 51.1 Å². The van der Waals surface area contributed by atoms with Crippen LogP contribution in [0.25, 0.3) is 0 Å². The number of rotatable bonds is 2. The van der Waals surface area contributed by atoms with Gasteiger partial charge in [-0.25, -0.2) is 0 Å². The van der Waals surface area contributed by atoms with Crippen LogP contribution in [0.1, 0.15) is 45.6 Å². The van der Waals surface area contributed by atoms with E-state index >= 15 is 0 Å². The fourth-order valence-corrected chi connectivity index (χ4v) is 4.10. The van der Waals surface area contributed by atoms with E-state index < -0.39 is 23.7 Å². The molecule has 1 aromatic rings. The Labute approximate surface area is 157 Å². The molecule has 4 nitrogen and oxygen atoms in total. The van der Waals surface area contributed by atoms with Crippen molar-refractivity contribution in [1.82, 2.24) is 5.01 Å². The van der Waals surface area contributed by atoms with Gasteiger partial charge in [-0.2, -0.15) is 23.3 Å². The number of carbonyl (C=O) groups excluding carboxylic acids is 1. The van der Waals surface area contributed by atoms with Gasteiger partial charge in [-0.3, -0.25) is 4.79 Å². The quantitative estimate of drug-likeness (QED) is 0.836. The summed E-state index contributed by atoms with van der Waals surface area (Å²) in [6.45, 7) is 5.96. The second kappa shape index (κ2) is 6.62. The average Bonchev–Trinajstić information content (AvgIpc) is 2.89. The number of alkyl halides is 3. The number of hydrogen-bond donors (Lipinski definition) is 1. The summed E-state index contributed by atoms with van der Waals surface area (Å²) in [7, 11) is 0. The van der Waals surface area contributed by atoms with Crippen LogP contribution in [-0.4, -0.2) is 33.6 Å². The monoisotopic (exact) mass is 382 g/mol. The molecule has 1 aliphatic heterocycles. The van der Waals surface area contributed by atoms with Crippen molar-refractivity contribution in [1.29, 1.82) is 0 Å². The van der Waals surface area contributed by atoms with Gasteiger partial charge in [0, 0.05) is 5.71 Å². The summed E-state index contributed by atoms with van der Waals surface area (Å²) in [5.41, 5.74) is -2.61. The molecule has 1 aromatic carbocycles. The zero-order valence-corrected chi connectivity index (χ0v) is 15.8. The molecule has 1 amide bonds. The Kier molecular flexibility index (Phi) is 4.87. The van der Waals surface area contributed by atoms with Gasteiger partial charge in [0.05, 0.1) is 12.3 Å². The smallest absolute Gasteiger partial charge is 0.362 e. The van der Waals surface area contributed by atoms with E-state index in [1.165, 1.54) is 0 Å². The van der Waals surface area contributed by atoms with E-state index in [9.17, 15) is 23.1 Å². The van der Waals surface area contributed by atoms with E-state index in [1.54, 1.807) is 30.3 Å². The summed E-state index contributed by atoms with van der Waals surface area (Å²) < 4.78 is 41.9. The van der Waals surface area contributed by atoms with Crippen LogP contribution >= 0.6 is 0 Å². The first kappa shape index (κ1) is 19.9. The normalized spacial score (nSPS) is 28.7. The molecule has 27 heavy (non-hydrogen) atoms. The minimum atomic E-state index is -4.99. The summed E-state index contributed by atoms with van der Waals surface area (Å²) in [4.78, 5) is 12.7. The predicted molar refractivity (Wildman–Crippen MR) is 95.7 cm³/mol. The van der Waals surface area contributed by atoms with E-state index in [1.807, 2.05) is 20.8 Å². The van der Waals surface area contributed by atoms with Gasteiger partial charge in [-0.15, -0.1) is 0 Å². The van der Waals surface area contributed by atoms with Crippen LogP contribution in [0, 0.1) is 17.3 Å². The molecule has 0 bridgehead atoms. The maximum absolute atomic E-state index is 14.0. The molecule has 148 valence electrons. The van der Waals surface area contributed by atoms with Crippen molar-refractivity contribution < 1.29 is 23.1 Å². The number of amides is 1. The zero-order valence-electron chi connectivity index (χ0n) is 15.8. The molecule has 0 radical (unpaired) electrons. The van der Waals surface area contributed by atoms with Gasteiger partial charge in [-0.05, 0) is 36.2 Å². The van der Waals surface area contributed by atoms with Crippen LogP contribution < -0.4 is 0 Å². The molecule has 0 unspecified atom stereocenters. The topological polar surface area (TPSA) is 52.9 Å². The molecule has 1 fully saturated rings. The van der Waals surface area contributed by atoms with E-state index in [-0.39, 0.29) is 29.9 Å². The number of halogens is 3. The minimum absolute atomic E-state index is 0.0134. The third-order valence-electron chi connectivity index (χ3n) is 5.79. The second-order valence-corrected chi connectivity index (χ2v) is 8.57. The molecule has 0 saturated heterocycles. The van der Waals surface area contributed by atoms with Crippen LogP contribution in [0.15, 0.2) is 35.4 Å². The van der Waals surface area contributed by atoms with Gasteiger partial charge in [0.1, 0.15) is 0 Å². The molecule has 0 spiro atoms. The highest BCUT2D eigenvalue weighted by Crippen LogP contribution is 2.51. The van der Waals surface area contributed by atoms with Gasteiger partial charge in [0.2, 0.25) is 5.91 Å². The number of fused-ring (bicyclic) bond motifs is 1. The summed E-state index contributed by atoms with van der Waals surface area (Å²) in [6.07, 6.45) is -4.01. The van der Waals surface area contributed by atoms with Crippen LogP contribution in [0.3, 0.4) is 0 Å². The van der Waals surface area contributed by atoms with Crippen molar-refractivity contribution in [3.63, 3.8) is 0 Å². The van der Waals surface area contributed by atoms with Crippen LogP contribution in [-0.2, 0) is 11.2 Å². The van der Waals surface area contributed by atoms with Gasteiger partial charge < -0.3 is 5.11 Å². The number of nitrogens with zero attached hydrogens (tertiary/aromatic N) is 2. The number of aliphatic hydroxyl groups is 1. The Hall–Kier alpha value is -1.89. The Bertz CT molecular complexity index is 740. The molecule has 1 N–H and O–H groups in total. The average molecular weight is 382 g/mol. The Balaban J connectivity index is 1.92. The molecular formula is C20H25F3N2O2. The van der Waals surface area contributed by atoms with E-state index in [0.29, 0.717) is 23.4 Å². The third kappa shape index (κ3) is 3.49. The molecule has 1 saturated carbocycles. The lowest BCUT2D eigenvalue weighted by atomic mass is 9.66. The molecule has 0 aromatic heterocycles. The highest BCUT2D eigenvalue weighted by Gasteiger charge is 2.69. The molecule has 1 aliphatic carbocycles. The van der Waals surface area contributed by atoms with Gasteiger partial charge in [0.15, 0.2) is 0 Å². The van der Waals surface area contributed by atoms with Crippen LogP contribution in [0.5, 0.6) is 0 Å². The number of carbonyl (C=O) groups is 1. The number of hydrazone groups is 1. The number of hydrogen-bond acceptors (Lipinski definition) is 3. The SMILES string of the molecule is CC(C)(C)[C@@H]1CCC2=NN(C(=O)Cc3ccccc3)[C@@](O)(C(F)(F)F)[C@@H]2C1. The van der Waals surface area contributed by atoms with E-state index in [4.69, 9.17) is 0 Å². The zero-order chi connectivity index (χ0) is 20.0. The lowest BCUT2D eigenvalue weighted by Crippen LogP contribution is -2.62. The van der Waals surface area contributed by atoms with E-state index in [0.717, 1.165) is 0 Å². The molecular weight excluding hydrogens is 357 g/mol. The summed E-state index contributed by atoms with van der Waals surface area (Å²) in [5.74, 6) is -2.05. The fraction of sp³-hybridized carbons (Fsp3) is 0.600. The Morgan fingerprint density at radius 1 is 1.26 bits per heavy atom. The second-order valence-electron chi connectivity index (χ2n) is 8.57. The van der Waals surface area contributed by atoms with Crippen molar-refractivity contribution in [2.75, 3.05) is 0 Å². The fourth-order valence-electron chi connectivity index (χ4n) is 4.10. The first-order valence-electron chi connectivity index (χ1n) is 9.18. The molecule has 3 atom stereocenters. The predicted octanol–water partition coefficient (Wildman–Crippen LogP) is 4.14. The first-order chi connectivity index (χ1) is 12.4. The lowest BCUT2D eigenvalue weighted by molar-refractivity contribution is -0.318. The van der Waals surface area contributed by atoms with Crippen molar-refractivity contribution in [2.24, 2.45) is 22.4 Å². The van der Waals surface area contributed by atoms with Crippen molar-refractivity contribution in [3.05, 3.63) is 35.9 Å². The maximum atomic E-state index is 14.0. The van der Waals surface area contributed by atoms with Crippen molar-refractivity contribution in [2.45, 2.75) is 58.4 Å². The van der Waals surface area contributed by atoms with E-state index in [2.05, 4.69) is 5.10 Å². The highest BCUT2D eigenvalue weighted by atomic mass is 19.4. The van der Waals surface area contributed by atoms with Crippen molar-refractivity contribution >= 4 is 11.6 Å². The minimum Gasteiger partial charge on any atom is -0.362 e.